The third kappa shape index (κ3) is 2.56. The molecule has 2 heteroatoms. The summed E-state index contributed by atoms with van der Waals surface area (Å²) < 4.78 is 0. The zero-order valence-corrected chi connectivity index (χ0v) is 14.1. The number of aliphatic hydroxyl groups is 1. The molecule has 1 heterocycles. The van der Waals surface area contributed by atoms with Gasteiger partial charge >= 0.3 is 0 Å². The summed E-state index contributed by atoms with van der Waals surface area (Å²) in [6, 6.07) is 8.58. The van der Waals surface area contributed by atoms with E-state index < -0.39 is 6.10 Å². The Morgan fingerprint density at radius 1 is 0.952 bits per heavy atom. The minimum Gasteiger partial charge on any atom is -0.384 e. The second kappa shape index (κ2) is 4.96. The minimum atomic E-state index is -0.512. The highest BCUT2D eigenvalue weighted by molar-refractivity contribution is 7.07. The zero-order valence-electron chi connectivity index (χ0n) is 13.3. The van der Waals surface area contributed by atoms with Crippen LogP contribution in [-0.2, 0) is 10.8 Å². The van der Waals surface area contributed by atoms with E-state index in [0.717, 1.165) is 11.1 Å². The molecule has 1 aromatic heterocycles. The first-order chi connectivity index (χ1) is 9.81. The lowest BCUT2D eigenvalue weighted by Crippen LogP contribution is -2.34. The molecule has 0 radical (unpaired) electrons. The molecule has 1 aliphatic carbocycles. The van der Waals surface area contributed by atoms with Gasteiger partial charge in [0.15, 0.2) is 0 Å². The Kier molecular flexibility index (Phi) is 3.50. The molecule has 1 aromatic carbocycles. The highest BCUT2D eigenvalue weighted by Crippen LogP contribution is 2.46. The highest BCUT2D eigenvalue weighted by atomic mass is 32.1. The molecule has 0 bridgehead atoms. The van der Waals surface area contributed by atoms with Crippen molar-refractivity contribution in [1.29, 1.82) is 0 Å². The van der Waals surface area contributed by atoms with Crippen molar-refractivity contribution in [2.45, 2.75) is 57.5 Å². The number of aliphatic hydroxyl groups excluding tert-OH is 1. The summed E-state index contributed by atoms with van der Waals surface area (Å²) in [6.45, 7) is 9.30. The van der Waals surface area contributed by atoms with Crippen LogP contribution in [0.3, 0.4) is 0 Å². The quantitative estimate of drug-likeness (QED) is 0.810. The molecule has 0 saturated heterocycles. The summed E-state index contributed by atoms with van der Waals surface area (Å²) in [5, 5.41) is 14.6. The molecule has 1 unspecified atom stereocenters. The van der Waals surface area contributed by atoms with Crippen LogP contribution in [0.15, 0.2) is 35.0 Å². The van der Waals surface area contributed by atoms with Crippen molar-refractivity contribution in [3.8, 4) is 0 Å². The maximum Gasteiger partial charge on any atom is 0.105 e. The number of thiophene rings is 1. The summed E-state index contributed by atoms with van der Waals surface area (Å²) in [5.41, 5.74) is 5.28. The van der Waals surface area contributed by atoms with Crippen LogP contribution in [0.4, 0.5) is 0 Å². The van der Waals surface area contributed by atoms with Crippen molar-refractivity contribution in [3.05, 3.63) is 57.3 Å². The standard InChI is InChI=1S/C19H24OS/c1-18(2)8-9-19(3,4)16-11-13(5-6-15(16)18)17(20)14-7-10-21-12-14/h5-7,10-12,17,20H,8-9H2,1-4H3. The Balaban J connectivity index is 2.08. The first kappa shape index (κ1) is 14.8. The molecular formula is C19H24OS. The summed E-state index contributed by atoms with van der Waals surface area (Å²) in [4.78, 5) is 0. The summed E-state index contributed by atoms with van der Waals surface area (Å²) in [6.07, 6.45) is 1.91. The van der Waals surface area contributed by atoms with Crippen LogP contribution < -0.4 is 0 Å². The third-order valence-electron chi connectivity index (χ3n) is 5.05. The molecule has 1 nitrogen and oxygen atoms in total. The number of hydrogen-bond acceptors (Lipinski definition) is 2. The zero-order chi connectivity index (χ0) is 15.3. The largest absolute Gasteiger partial charge is 0.384 e. The van der Waals surface area contributed by atoms with Gasteiger partial charge in [0.1, 0.15) is 6.10 Å². The fourth-order valence-electron chi connectivity index (χ4n) is 3.40. The normalized spacial score (nSPS) is 20.8. The van der Waals surface area contributed by atoms with E-state index in [1.54, 1.807) is 11.3 Å². The fourth-order valence-corrected chi connectivity index (χ4v) is 4.08. The van der Waals surface area contributed by atoms with Gasteiger partial charge in [0, 0.05) is 0 Å². The number of benzene rings is 1. The van der Waals surface area contributed by atoms with E-state index in [1.807, 2.05) is 16.8 Å². The van der Waals surface area contributed by atoms with Crippen molar-refractivity contribution in [3.63, 3.8) is 0 Å². The van der Waals surface area contributed by atoms with Gasteiger partial charge < -0.3 is 5.11 Å². The average Bonchev–Trinajstić information content (AvgIpc) is 2.97. The SMILES string of the molecule is CC1(C)CCC(C)(C)c2cc(C(O)c3ccsc3)ccc21. The van der Waals surface area contributed by atoms with Gasteiger partial charge in [-0.25, -0.2) is 0 Å². The summed E-state index contributed by atoms with van der Waals surface area (Å²) >= 11 is 1.63. The lowest BCUT2D eigenvalue weighted by Gasteiger charge is -2.42. The first-order valence-electron chi connectivity index (χ1n) is 7.66. The van der Waals surface area contributed by atoms with E-state index in [9.17, 15) is 5.11 Å². The fraction of sp³-hybridized carbons (Fsp3) is 0.474. The Labute approximate surface area is 131 Å². The van der Waals surface area contributed by atoms with E-state index in [4.69, 9.17) is 0 Å². The van der Waals surface area contributed by atoms with Gasteiger partial charge in [-0.2, -0.15) is 11.3 Å². The lowest BCUT2D eigenvalue weighted by atomic mass is 9.63. The van der Waals surface area contributed by atoms with Crippen LogP contribution in [0.5, 0.6) is 0 Å². The molecule has 0 amide bonds. The highest BCUT2D eigenvalue weighted by Gasteiger charge is 2.37. The maximum atomic E-state index is 10.6. The second-order valence-corrected chi connectivity index (χ2v) is 8.31. The van der Waals surface area contributed by atoms with Gasteiger partial charge in [0.25, 0.3) is 0 Å². The molecular weight excluding hydrogens is 276 g/mol. The Morgan fingerprint density at radius 3 is 2.24 bits per heavy atom. The molecule has 0 fully saturated rings. The van der Waals surface area contributed by atoms with Crippen molar-refractivity contribution in [1.82, 2.24) is 0 Å². The predicted octanol–water partition coefficient (Wildman–Crippen LogP) is 5.18. The predicted molar refractivity (Wildman–Crippen MR) is 90.1 cm³/mol. The van der Waals surface area contributed by atoms with Gasteiger partial charge in [-0.05, 0) is 62.8 Å². The third-order valence-corrected chi connectivity index (χ3v) is 5.75. The van der Waals surface area contributed by atoms with E-state index in [0.29, 0.717) is 0 Å². The van der Waals surface area contributed by atoms with Crippen LogP contribution >= 0.6 is 11.3 Å². The molecule has 3 rings (SSSR count). The summed E-state index contributed by atoms with van der Waals surface area (Å²) in [7, 11) is 0. The Hall–Kier alpha value is -1.12. The number of fused-ring (bicyclic) bond motifs is 1. The van der Waals surface area contributed by atoms with Crippen LogP contribution in [0.25, 0.3) is 0 Å². The molecule has 1 atom stereocenters. The minimum absolute atomic E-state index is 0.190. The van der Waals surface area contributed by atoms with E-state index >= 15 is 0 Å². The second-order valence-electron chi connectivity index (χ2n) is 7.53. The van der Waals surface area contributed by atoms with Gasteiger partial charge in [-0.3, -0.25) is 0 Å². The Bertz CT molecular complexity index is 638. The molecule has 1 N–H and O–H groups in total. The molecule has 1 aliphatic rings. The van der Waals surface area contributed by atoms with E-state index in [-0.39, 0.29) is 10.8 Å². The van der Waals surface area contributed by atoms with Crippen LogP contribution in [0, 0.1) is 0 Å². The smallest absolute Gasteiger partial charge is 0.105 e. The van der Waals surface area contributed by atoms with Gasteiger partial charge in [-0.1, -0.05) is 45.9 Å². The monoisotopic (exact) mass is 300 g/mol. The number of hydrogen-bond donors (Lipinski definition) is 1. The summed E-state index contributed by atoms with van der Waals surface area (Å²) in [5.74, 6) is 0. The van der Waals surface area contributed by atoms with Crippen molar-refractivity contribution >= 4 is 11.3 Å². The maximum absolute atomic E-state index is 10.6. The lowest BCUT2D eigenvalue weighted by molar-refractivity contribution is 0.220. The van der Waals surface area contributed by atoms with E-state index in [2.05, 4.69) is 45.9 Å². The first-order valence-corrected chi connectivity index (χ1v) is 8.61. The van der Waals surface area contributed by atoms with Gasteiger partial charge in [-0.15, -0.1) is 0 Å². The molecule has 21 heavy (non-hydrogen) atoms. The topological polar surface area (TPSA) is 20.2 Å². The number of rotatable bonds is 2. The van der Waals surface area contributed by atoms with Crippen molar-refractivity contribution in [2.24, 2.45) is 0 Å². The van der Waals surface area contributed by atoms with Gasteiger partial charge in [0.2, 0.25) is 0 Å². The van der Waals surface area contributed by atoms with E-state index in [1.165, 1.54) is 24.0 Å². The van der Waals surface area contributed by atoms with Crippen LogP contribution in [0.1, 0.15) is 68.9 Å². The van der Waals surface area contributed by atoms with Gasteiger partial charge in [0.05, 0.1) is 0 Å². The van der Waals surface area contributed by atoms with Crippen LogP contribution in [0.2, 0.25) is 0 Å². The molecule has 112 valence electrons. The molecule has 0 aliphatic heterocycles. The van der Waals surface area contributed by atoms with Crippen LogP contribution in [-0.4, -0.2) is 5.11 Å². The Morgan fingerprint density at radius 2 is 1.62 bits per heavy atom. The molecule has 0 saturated carbocycles. The molecule has 2 aromatic rings. The molecule has 0 spiro atoms. The van der Waals surface area contributed by atoms with Crippen molar-refractivity contribution in [2.75, 3.05) is 0 Å². The van der Waals surface area contributed by atoms with Crippen molar-refractivity contribution < 1.29 is 5.11 Å². The average molecular weight is 300 g/mol.